The molecule has 2 heterocycles. The minimum absolute atomic E-state index is 0.0727. The first-order chi connectivity index (χ1) is 13.5. The third-order valence-corrected chi connectivity index (χ3v) is 4.53. The number of pyridine rings is 2. The van der Waals surface area contributed by atoms with Gasteiger partial charge in [0.25, 0.3) is 5.91 Å². The number of aryl methyl sites for hydroxylation is 2. The molecule has 0 radical (unpaired) electrons. The normalized spacial score (nSPS) is 10.8. The maximum Gasteiger partial charge on any atom is 0.262 e. The Morgan fingerprint density at radius 3 is 2.43 bits per heavy atom. The van der Waals surface area contributed by atoms with Crippen molar-refractivity contribution in [1.29, 1.82) is 0 Å². The van der Waals surface area contributed by atoms with Gasteiger partial charge in [0.15, 0.2) is 0 Å². The highest BCUT2D eigenvalue weighted by Crippen LogP contribution is 2.18. The average molecular weight is 369 g/mol. The molecule has 5 heteroatoms. The molecule has 5 nitrogen and oxygen atoms in total. The van der Waals surface area contributed by atoms with Crippen LogP contribution in [-0.2, 0) is 0 Å². The molecular formula is C23H19N3O2. The molecule has 0 fully saturated rings. The Bertz CT molecular complexity index is 1220. The Hall–Kier alpha value is -3.73. The van der Waals surface area contributed by atoms with Crippen molar-refractivity contribution in [2.45, 2.75) is 13.8 Å². The molecule has 0 saturated carbocycles. The second-order valence-corrected chi connectivity index (χ2v) is 6.72. The third-order valence-electron chi connectivity index (χ3n) is 4.53. The Morgan fingerprint density at radius 2 is 1.68 bits per heavy atom. The van der Waals surface area contributed by atoms with Gasteiger partial charge in [-0.25, -0.2) is 4.98 Å². The lowest BCUT2D eigenvalue weighted by atomic mass is 10.1. The van der Waals surface area contributed by atoms with Crippen LogP contribution in [0, 0.1) is 13.8 Å². The van der Waals surface area contributed by atoms with E-state index < -0.39 is 5.91 Å². The first-order valence-electron chi connectivity index (χ1n) is 8.99. The summed E-state index contributed by atoms with van der Waals surface area (Å²) in [5.41, 5.74) is 3.18. The molecule has 0 atom stereocenters. The second kappa shape index (κ2) is 7.12. The number of hydrogen-bond donors (Lipinski definition) is 1. The Balaban J connectivity index is 1.86. The van der Waals surface area contributed by atoms with Gasteiger partial charge in [0.05, 0.1) is 5.52 Å². The van der Waals surface area contributed by atoms with Gasteiger partial charge in [0, 0.05) is 23.0 Å². The Morgan fingerprint density at radius 1 is 0.964 bits per heavy atom. The molecule has 0 saturated heterocycles. The zero-order valence-electron chi connectivity index (χ0n) is 15.6. The summed E-state index contributed by atoms with van der Waals surface area (Å²) in [5.74, 6) is -0.0424. The number of fused-ring (bicyclic) bond motifs is 1. The predicted octanol–water partition coefficient (Wildman–Crippen LogP) is 4.25. The topological polar surface area (TPSA) is 64.0 Å². The van der Waals surface area contributed by atoms with Gasteiger partial charge in [-0.1, -0.05) is 30.3 Å². The fourth-order valence-corrected chi connectivity index (χ4v) is 3.33. The zero-order chi connectivity index (χ0) is 19.7. The van der Waals surface area contributed by atoms with Crippen molar-refractivity contribution in [3.8, 4) is 5.69 Å². The van der Waals surface area contributed by atoms with Crippen molar-refractivity contribution >= 4 is 22.6 Å². The van der Waals surface area contributed by atoms with Gasteiger partial charge in [-0.2, -0.15) is 0 Å². The lowest BCUT2D eigenvalue weighted by molar-refractivity contribution is 0.102. The lowest BCUT2D eigenvalue weighted by Crippen LogP contribution is -2.24. The summed E-state index contributed by atoms with van der Waals surface area (Å²) in [6.07, 6.45) is 1.60. The van der Waals surface area contributed by atoms with Crippen molar-refractivity contribution < 1.29 is 4.79 Å². The summed E-state index contributed by atoms with van der Waals surface area (Å²) in [4.78, 5) is 30.2. The number of nitrogens with one attached hydrogen (secondary N) is 1. The first-order valence-corrected chi connectivity index (χ1v) is 8.99. The quantitative estimate of drug-likeness (QED) is 0.587. The van der Waals surface area contributed by atoms with Gasteiger partial charge in [0.1, 0.15) is 11.4 Å². The molecule has 4 rings (SSSR count). The summed E-state index contributed by atoms with van der Waals surface area (Å²) in [6.45, 7) is 3.80. The fraction of sp³-hybridized carbons (Fsp3) is 0.0870. The van der Waals surface area contributed by atoms with Crippen LogP contribution in [0.2, 0.25) is 0 Å². The van der Waals surface area contributed by atoms with Gasteiger partial charge < -0.3 is 9.88 Å². The molecule has 1 N–H and O–H groups in total. The van der Waals surface area contributed by atoms with Crippen molar-refractivity contribution in [2.24, 2.45) is 0 Å². The van der Waals surface area contributed by atoms with Gasteiger partial charge in [-0.05, 0) is 55.8 Å². The molecule has 0 bridgehead atoms. The van der Waals surface area contributed by atoms with Crippen LogP contribution >= 0.6 is 0 Å². The van der Waals surface area contributed by atoms with E-state index in [0.717, 1.165) is 22.5 Å². The molecule has 138 valence electrons. The molecule has 0 spiro atoms. The highest BCUT2D eigenvalue weighted by Gasteiger charge is 2.17. The molecule has 28 heavy (non-hydrogen) atoms. The molecule has 0 aliphatic carbocycles. The monoisotopic (exact) mass is 369 g/mol. The maximum absolute atomic E-state index is 13.0. The van der Waals surface area contributed by atoms with Crippen LogP contribution in [0.25, 0.3) is 16.6 Å². The van der Waals surface area contributed by atoms with Crippen molar-refractivity contribution in [2.75, 3.05) is 5.32 Å². The molecule has 0 aliphatic heterocycles. The third kappa shape index (κ3) is 3.30. The summed E-state index contributed by atoms with van der Waals surface area (Å²) in [5, 5.41) is 3.25. The number of amides is 1. The smallest absolute Gasteiger partial charge is 0.262 e. The maximum atomic E-state index is 13.0. The van der Waals surface area contributed by atoms with Crippen molar-refractivity contribution in [3.63, 3.8) is 0 Å². The fourth-order valence-electron chi connectivity index (χ4n) is 3.33. The Kier molecular flexibility index (Phi) is 4.49. The Labute approximate surface area is 162 Å². The van der Waals surface area contributed by atoms with E-state index in [9.17, 15) is 9.59 Å². The summed E-state index contributed by atoms with van der Waals surface area (Å²) in [6, 6.07) is 20.6. The lowest BCUT2D eigenvalue weighted by Gasteiger charge is -2.14. The van der Waals surface area contributed by atoms with E-state index in [1.165, 1.54) is 0 Å². The molecule has 2 aromatic heterocycles. The predicted molar refractivity (Wildman–Crippen MR) is 111 cm³/mol. The van der Waals surface area contributed by atoms with E-state index in [1.807, 2.05) is 66.9 Å². The van der Waals surface area contributed by atoms with Crippen LogP contribution in [0.15, 0.2) is 77.7 Å². The number of nitrogens with zero attached hydrogens (tertiary/aromatic N) is 2. The molecular weight excluding hydrogens is 350 g/mol. The van der Waals surface area contributed by atoms with Crippen LogP contribution in [0.4, 0.5) is 5.82 Å². The van der Waals surface area contributed by atoms with Crippen LogP contribution < -0.4 is 10.7 Å². The molecule has 4 aromatic rings. The highest BCUT2D eigenvalue weighted by atomic mass is 16.2. The van der Waals surface area contributed by atoms with E-state index >= 15 is 0 Å². The number of benzene rings is 2. The standard InChI is InChI=1S/C23H19N3O2/c1-15-12-16(2)24-21(13-15)25-23(28)19-14-26(17-8-4-3-5-9-17)20-11-7-6-10-18(20)22(19)27/h3-14H,1-2H3,(H,24,25,28). The van der Waals surface area contributed by atoms with Crippen LogP contribution in [-0.4, -0.2) is 15.5 Å². The van der Waals surface area contributed by atoms with E-state index in [4.69, 9.17) is 0 Å². The van der Waals surface area contributed by atoms with Gasteiger partial charge in [-0.15, -0.1) is 0 Å². The molecule has 1 amide bonds. The van der Waals surface area contributed by atoms with E-state index in [-0.39, 0.29) is 11.0 Å². The largest absolute Gasteiger partial charge is 0.315 e. The number of anilines is 1. The van der Waals surface area contributed by atoms with Crippen molar-refractivity contribution in [3.05, 3.63) is 100.0 Å². The van der Waals surface area contributed by atoms with Gasteiger partial charge in [-0.3, -0.25) is 9.59 Å². The number of aromatic nitrogens is 2. The second-order valence-electron chi connectivity index (χ2n) is 6.72. The van der Waals surface area contributed by atoms with E-state index in [0.29, 0.717) is 11.2 Å². The van der Waals surface area contributed by atoms with Crippen LogP contribution in [0.5, 0.6) is 0 Å². The number of para-hydroxylation sites is 2. The highest BCUT2D eigenvalue weighted by molar-refractivity contribution is 6.05. The number of carbonyl (C=O) groups is 1. The minimum Gasteiger partial charge on any atom is -0.315 e. The first kappa shape index (κ1) is 17.7. The summed E-state index contributed by atoms with van der Waals surface area (Å²) >= 11 is 0. The van der Waals surface area contributed by atoms with E-state index in [2.05, 4.69) is 10.3 Å². The number of rotatable bonds is 3. The van der Waals surface area contributed by atoms with Crippen LogP contribution in [0.3, 0.4) is 0 Å². The number of carbonyl (C=O) groups excluding carboxylic acids is 1. The SMILES string of the molecule is Cc1cc(C)nc(NC(=O)c2cn(-c3ccccc3)c3ccccc3c2=O)c1. The van der Waals surface area contributed by atoms with Gasteiger partial charge >= 0.3 is 0 Å². The molecule has 0 aliphatic rings. The van der Waals surface area contributed by atoms with Crippen LogP contribution in [0.1, 0.15) is 21.6 Å². The molecule has 2 aromatic carbocycles. The number of hydrogen-bond acceptors (Lipinski definition) is 3. The zero-order valence-corrected chi connectivity index (χ0v) is 15.6. The van der Waals surface area contributed by atoms with Crippen molar-refractivity contribution in [1.82, 2.24) is 9.55 Å². The molecule has 0 unspecified atom stereocenters. The van der Waals surface area contributed by atoms with E-state index in [1.54, 1.807) is 24.4 Å². The average Bonchev–Trinajstić information content (AvgIpc) is 2.68. The summed E-state index contributed by atoms with van der Waals surface area (Å²) in [7, 11) is 0. The summed E-state index contributed by atoms with van der Waals surface area (Å²) < 4.78 is 1.86. The minimum atomic E-state index is -0.474. The van der Waals surface area contributed by atoms with Gasteiger partial charge in [0.2, 0.25) is 5.43 Å².